The van der Waals surface area contributed by atoms with Gasteiger partial charge in [0.2, 0.25) is 0 Å². The molecule has 32 heavy (non-hydrogen) atoms. The first-order chi connectivity index (χ1) is 15.3. The quantitative estimate of drug-likeness (QED) is 0.212. The minimum Gasteiger partial charge on any atom is -0.429 e. The van der Waals surface area contributed by atoms with E-state index in [1.165, 1.54) is 22.5 Å². The van der Waals surface area contributed by atoms with Gasteiger partial charge in [0.25, 0.3) is 5.82 Å². The predicted molar refractivity (Wildman–Crippen MR) is 136 cm³/mol. The third-order valence-electron chi connectivity index (χ3n) is 6.27. The van der Waals surface area contributed by atoms with Gasteiger partial charge in [-0.2, -0.15) is 0 Å². The van der Waals surface area contributed by atoms with Crippen LogP contribution in [-0.4, -0.2) is 10.4 Å². The summed E-state index contributed by atoms with van der Waals surface area (Å²) in [6, 6.07) is 17.1. The summed E-state index contributed by atoms with van der Waals surface area (Å²) < 4.78 is 4.65. The van der Waals surface area contributed by atoms with Gasteiger partial charge in [-0.3, -0.25) is 0 Å². The molecule has 3 rings (SSSR count). The Morgan fingerprint density at radius 3 is 1.88 bits per heavy atom. The summed E-state index contributed by atoms with van der Waals surface area (Å²) in [5.74, 6) is 2.81. The van der Waals surface area contributed by atoms with Gasteiger partial charge in [0.15, 0.2) is 0 Å². The summed E-state index contributed by atoms with van der Waals surface area (Å²) in [7, 11) is 0. The van der Waals surface area contributed by atoms with Crippen molar-refractivity contribution in [1.82, 2.24) is 4.57 Å². The van der Waals surface area contributed by atoms with Crippen molar-refractivity contribution in [2.45, 2.75) is 80.3 Å². The van der Waals surface area contributed by atoms with Gasteiger partial charge in [0.1, 0.15) is 11.4 Å². The van der Waals surface area contributed by atoms with Crippen LogP contribution < -0.4 is 4.57 Å². The molecule has 0 unspecified atom stereocenters. The van der Waals surface area contributed by atoms with Crippen molar-refractivity contribution in [3.05, 3.63) is 82.2 Å². The van der Waals surface area contributed by atoms with Crippen LogP contribution in [0.1, 0.15) is 81.7 Å². The normalized spacial score (nSPS) is 12.1. The van der Waals surface area contributed by atoms with Crippen LogP contribution in [0.25, 0.3) is 5.32 Å². The summed E-state index contributed by atoms with van der Waals surface area (Å²) in [5.41, 5.74) is 7.01. The summed E-state index contributed by atoms with van der Waals surface area (Å²) in [6.07, 6.45) is 0. The average molecular weight is 431 g/mol. The summed E-state index contributed by atoms with van der Waals surface area (Å²) in [5, 5.41) is 5.06. The average Bonchev–Trinajstić information content (AvgIpc) is 3.03. The van der Waals surface area contributed by atoms with Crippen molar-refractivity contribution in [2.24, 2.45) is 4.99 Å². The SMILES string of the molecule is CCn1c(C)c(C)[n+](CC)c1C(=Nc1ccc(C(C)C)cc1)[N-]c1ccc(C(C)C)cc1. The highest BCUT2D eigenvalue weighted by molar-refractivity contribution is 6.10. The molecule has 2 aromatic carbocycles. The van der Waals surface area contributed by atoms with Crippen LogP contribution in [0.4, 0.5) is 11.4 Å². The van der Waals surface area contributed by atoms with Gasteiger partial charge in [-0.25, -0.2) is 9.13 Å². The molecule has 0 saturated heterocycles. The van der Waals surface area contributed by atoms with E-state index < -0.39 is 0 Å². The molecule has 0 aliphatic carbocycles. The highest BCUT2D eigenvalue weighted by Crippen LogP contribution is 2.27. The van der Waals surface area contributed by atoms with E-state index in [-0.39, 0.29) is 0 Å². The highest BCUT2D eigenvalue weighted by Gasteiger charge is 2.24. The monoisotopic (exact) mass is 430 g/mol. The van der Waals surface area contributed by atoms with E-state index in [0.29, 0.717) is 11.8 Å². The Morgan fingerprint density at radius 1 is 0.875 bits per heavy atom. The first kappa shape index (κ1) is 23.8. The Hall–Kier alpha value is -2.88. The Kier molecular flexibility index (Phi) is 7.55. The van der Waals surface area contributed by atoms with Gasteiger partial charge >= 0.3 is 0 Å². The standard InChI is InChI=1S/C28H38N4/c1-9-31-21(7)22(8)32(10-2)28(31)27(29-25-15-11-23(12-16-25)19(3)4)30-26-17-13-24(14-18-26)20(5)6/h11-20H,9-10H2,1-8H3. The number of aromatic nitrogens is 2. The maximum absolute atomic E-state index is 5.06. The Bertz CT molecular complexity index is 1040. The lowest BCUT2D eigenvalue weighted by Crippen LogP contribution is -2.41. The highest BCUT2D eigenvalue weighted by atomic mass is 15.2. The molecule has 4 nitrogen and oxygen atoms in total. The lowest BCUT2D eigenvalue weighted by Gasteiger charge is -2.20. The van der Waals surface area contributed by atoms with Crippen LogP contribution in [0.5, 0.6) is 0 Å². The second-order valence-corrected chi connectivity index (χ2v) is 9.02. The van der Waals surface area contributed by atoms with Crippen LogP contribution in [0.15, 0.2) is 53.5 Å². The molecule has 0 saturated carbocycles. The third kappa shape index (κ3) is 4.95. The van der Waals surface area contributed by atoms with Crippen molar-refractivity contribution < 1.29 is 4.57 Å². The number of benzene rings is 2. The van der Waals surface area contributed by atoms with Crippen molar-refractivity contribution >= 4 is 17.2 Å². The molecule has 1 aromatic heterocycles. The minimum atomic E-state index is 0.501. The van der Waals surface area contributed by atoms with Gasteiger partial charge in [0, 0.05) is 19.7 Å². The summed E-state index contributed by atoms with van der Waals surface area (Å²) in [6.45, 7) is 19.3. The number of rotatable bonds is 7. The van der Waals surface area contributed by atoms with E-state index in [1.54, 1.807) is 0 Å². The zero-order valence-corrected chi connectivity index (χ0v) is 21.0. The lowest BCUT2D eigenvalue weighted by molar-refractivity contribution is -0.700. The zero-order chi connectivity index (χ0) is 23.4. The van der Waals surface area contributed by atoms with Crippen molar-refractivity contribution in [2.75, 3.05) is 0 Å². The maximum atomic E-state index is 5.06. The number of amidine groups is 1. The fourth-order valence-electron chi connectivity index (χ4n) is 4.11. The molecule has 1 heterocycles. The Balaban J connectivity index is 2.12. The van der Waals surface area contributed by atoms with Crippen LogP contribution in [-0.2, 0) is 13.1 Å². The molecule has 0 amide bonds. The summed E-state index contributed by atoms with van der Waals surface area (Å²) in [4.78, 5) is 5.06. The van der Waals surface area contributed by atoms with Crippen LogP contribution in [0.2, 0.25) is 0 Å². The molecule has 4 heteroatoms. The smallest absolute Gasteiger partial charge is 0.281 e. The Morgan fingerprint density at radius 2 is 1.41 bits per heavy atom. The molecular weight excluding hydrogens is 392 g/mol. The fraction of sp³-hybridized carbons (Fsp3) is 0.429. The van der Waals surface area contributed by atoms with E-state index in [4.69, 9.17) is 10.3 Å². The zero-order valence-electron chi connectivity index (χ0n) is 21.0. The number of aliphatic imine (C=N–C) groups is 1. The fourth-order valence-corrected chi connectivity index (χ4v) is 4.11. The first-order valence-corrected chi connectivity index (χ1v) is 11.9. The first-order valence-electron chi connectivity index (χ1n) is 11.9. The molecule has 0 aliphatic heterocycles. The lowest BCUT2D eigenvalue weighted by atomic mass is 10.0. The number of hydrogen-bond acceptors (Lipinski definition) is 1. The van der Waals surface area contributed by atoms with Gasteiger partial charge in [-0.05, 0) is 48.2 Å². The van der Waals surface area contributed by atoms with Crippen molar-refractivity contribution in [3.63, 3.8) is 0 Å². The van der Waals surface area contributed by atoms with Gasteiger partial charge in [0.05, 0.1) is 13.1 Å². The molecule has 0 N–H and O–H groups in total. The number of imidazole rings is 1. The molecule has 3 aromatic rings. The van der Waals surface area contributed by atoms with Crippen LogP contribution >= 0.6 is 0 Å². The van der Waals surface area contributed by atoms with Gasteiger partial charge in [-0.1, -0.05) is 76.2 Å². The molecule has 0 bridgehead atoms. The third-order valence-corrected chi connectivity index (χ3v) is 6.27. The molecule has 0 fully saturated rings. The van der Waals surface area contributed by atoms with Gasteiger partial charge < -0.3 is 10.3 Å². The molecule has 170 valence electrons. The molecule has 0 atom stereocenters. The summed E-state index contributed by atoms with van der Waals surface area (Å²) >= 11 is 0. The van der Waals surface area contributed by atoms with Crippen LogP contribution in [0.3, 0.4) is 0 Å². The van der Waals surface area contributed by atoms with Crippen molar-refractivity contribution in [1.29, 1.82) is 0 Å². The second-order valence-electron chi connectivity index (χ2n) is 9.02. The molecule has 0 aliphatic rings. The number of nitrogens with zero attached hydrogens (tertiary/aromatic N) is 4. The van der Waals surface area contributed by atoms with E-state index in [9.17, 15) is 0 Å². The van der Waals surface area contributed by atoms with E-state index in [2.05, 4.69) is 113 Å². The minimum absolute atomic E-state index is 0.501. The van der Waals surface area contributed by atoms with E-state index >= 15 is 0 Å². The second kappa shape index (κ2) is 10.2. The van der Waals surface area contributed by atoms with E-state index in [1.807, 2.05) is 0 Å². The molecule has 0 spiro atoms. The molecular formula is C28H38N4. The van der Waals surface area contributed by atoms with Crippen LogP contribution in [0, 0.1) is 13.8 Å². The topological polar surface area (TPSA) is 35.3 Å². The van der Waals surface area contributed by atoms with E-state index in [0.717, 1.165) is 36.1 Å². The predicted octanol–water partition coefficient (Wildman–Crippen LogP) is 7.46. The Labute approximate surface area is 194 Å². The van der Waals surface area contributed by atoms with Crippen molar-refractivity contribution in [3.8, 4) is 0 Å². The maximum Gasteiger partial charge on any atom is 0.281 e. The van der Waals surface area contributed by atoms with Gasteiger partial charge in [-0.15, -0.1) is 0 Å². The number of hydrogen-bond donors (Lipinski definition) is 0. The molecule has 0 radical (unpaired) electrons. The largest absolute Gasteiger partial charge is 0.429 e.